The lowest BCUT2D eigenvalue weighted by atomic mass is 10.1. The molecule has 0 aromatic heterocycles. The van der Waals surface area contributed by atoms with Gasteiger partial charge in [-0.25, -0.2) is 0 Å². The average Bonchev–Trinajstić information content (AvgIpc) is 2.93. The summed E-state index contributed by atoms with van der Waals surface area (Å²) in [5.41, 5.74) is 2.01. The van der Waals surface area contributed by atoms with E-state index in [2.05, 4.69) is 13.0 Å². The maximum atomic E-state index is 12.1. The van der Waals surface area contributed by atoms with Crippen LogP contribution in [0.25, 0.3) is 0 Å². The zero-order chi connectivity index (χ0) is 28.0. The second-order valence-corrected chi connectivity index (χ2v) is 11.6. The number of rotatable bonds is 22. The molecule has 0 spiro atoms. The summed E-state index contributed by atoms with van der Waals surface area (Å²) in [6.07, 6.45) is 20.4. The molecule has 0 saturated carbocycles. The molecule has 2 atom stereocenters. The van der Waals surface area contributed by atoms with Gasteiger partial charge in [-0.1, -0.05) is 143 Å². The van der Waals surface area contributed by atoms with E-state index in [1.807, 2.05) is 78.9 Å². The summed E-state index contributed by atoms with van der Waals surface area (Å²) in [4.78, 5) is 0. The van der Waals surface area contributed by atoms with Crippen molar-refractivity contribution in [1.82, 2.24) is 0 Å². The highest BCUT2D eigenvalue weighted by Crippen LogP contribution is 2.15. The minimum atomic E-state index is -3.72. The fourth-order valence-corrected chi connectivity index (χ4v) is 4.86. The van der Waals surface area contributed by atoms with Crippen LogP contribution in [-0.4, -0.2) is 33.5 Å². The third-order valence-corrected chi connectivity index (χ3v) is 6.96. The van der Waals surface area contributed by atoms with E-state index in [9.17, 15) is 8.42 Å². The summed E-state index contributed by atoms with van der Waals surface area (Å²) < 4.78 is 41.6. The molecule has 0 aliphatic heterocycles. The summed E-state index contributed by atoms with van der Waals surface area (Å²) in [5.74, 6) is 0. The van der Waals surface area contributed by atoms with Crippen molar-refractivity contribution in [1.29, 1.82) is 0 Å². The number of unbranched alkanes of at least 4 members (excludes halogenated alkanes) is 9. The van der Waals surface area contributed by atoms with Crippen LogP contribution in [0.5, 0.6) is 0 Å². The number of allylic oxidation sites excluding steroid dienone is 3. The van der Waals surface area contributed by atoms with E-state index in [0.717, 1.165) is 23.8 Å². The van der Waals surface area contributed by atoms with Crippen molar-refractivity contribution < 1.29 is 22.1 Å². The van der Waals surface area contributed by atoms with Crippen molar-refractivity contribution in [3.63, 3.8) is 0 Å². The molecule has 0 saturated heterocycles. The van der Waals surface area contributed by atoms with Crippen LogP contribution < -0.4 is 0 Å². The summed E-state index contributed by atoms with van der Waals surface area (Å²) in [6.45, 7) is 3.02. The van der Waals surface area contributed by atoms with Gasteiger partial charge < -0.3 is 9.47 Å². The predicted octanol–water partition coefficient (Wildman–Crippen LogP) is 8.17. The van der Waals surface area contributed by atoms with Crippen LogP contribution in [0.1, 0.15) is 82.3 Å². The monoisotopic (exact) mass is 556 g/mol. The Morgan fingerprint density at radius 2 is 1.31 bits per heavy atom. The highest BCUT2D eigenvalue weighted by molar-refractivity contribution is 7.86. The van der Waals surface area contributed by atoms with Gasteiger partial charge in [0.2, 0.25) is 0 Å². The van der Waals surface area contributed by atoms with Crippen molar-refractivity contribution in [2.24, 2.45) is 0 Å². The quantitative estimate of drug-likeness (QED) is 0.0831. The Morgan fingerprint density at radius 3 is 1.90 bits per heavy atom. The molecule has 2 aromatic carbocycles. The van der Waals surface area contributed by atoms with Crippen molar-refractivity contribution in [3.8, 4) is 0 Å². The minimum absolute atomic E-state index is 0.0773. The van der Waals surface area contributed by atoms with Crippen LogP contribution >= 0.6 is 0 Å². The molecule has 0 N–H and O–H groups in total. The largest absolute Gasteiger partial charge is 0.374 e. The molecule has 6 heteroatoms. The van der Waals surface area contributed by atoms with Gasteiger partial charge in [-0.2, -0.15) is 8.42 Å². The number of benzene rings is 2. The van der Waals surface area contributed by atoms with Crippen LogP contribution in [0, 0.1) is 0 Å². The summed E-state index contributed by atoms with van der Waals surface area (Å²) in [6, 6.07) is 19.6. The van der Waals surface area contributed by atoms with Gasteiger partial charge in [-0.3, -0.25) is 4.18 Å². The summed E-state index contributed by atoms with van der Waals surface area (Å²) in [7, 11) is -3.72. The lowest BCUT2D eigenvalue weighted by molar-refractivity contribution is -0.0460. The van der Waals surface area contributed by atoms with E-state index in [0.29, 0.717) is 13.2 Å². The van der Waals surface area contributed by atoms with E-state index in [1.165, 1.54) is 57.8 Å². The number of ether oxygens (including phenoxy) is 2. The second-order valence-electron chi connectivity index (χ2n) is 10.0. The topological polar surface area (TPSA) is 61.8 Å². The summed E-state index contributed by atoms with van der Waals surface area (Å²) >= 11 is 0. The maximum Gasteiger partial charge on any atom is 0.264 e. The standard InChI is InChI=1S/C33H48O5S/c1-3-4-5-6-7-8-9-10-11-12-13-14-21-26-32(37-28-31-24-19-16-20-25-31)33(38-39(2,34)35)29-36-27-30-22-17-15-18-23-30/h13-26,32-33H,3-12,27-29H2,1-2H3/b14-13+,26-21+/t32-,33-/m1/s1. The molecule has 0 aliphatic rings. The van der Waals surface area contributed by atoms with Gasteiger partial charge in [0.15, 0.2) is 0 Å². The first-order chi connectivity index (χ1) is 19.0. The van der Waals surface area contributed by atoms with Gasteiger partial charge in [0, 0.05) is 0 Å². The van der Waals surface area contributed by atoms with Crippen LogP contribution in [-0.2, 0) is 37.0 Å². The SMILES string of the molecule is CCCCCCCCCCC/C=C/C=C/[C@@H](OCc1ccccc1)[C@@H](COCc1ccccc1)OS(C)(=O)=O. The van der Waals surface area contributed by atoms with Crippen molar-refractivity contribution in [3.05, 3.63) is 96.1 Å². The highest BCUT2D eigenvalue weighted by Gasteiger charge is 2.25. The smallest absolute Gasteiger partial charge is 0.264 e. The zero-order valence-corrected chi connectivity index (χ0v) is 24.7. The Labute approximate surface area is 237 Å². The molecule has 0 fully saturated rings. The van der Waals surface area contributed by atoms with Gasteiger partial charge in [-0.15, -0.1) is 0 Å². The molecule has 2 rings (SSSR count). The van der Waals surface area contributed by atoms with Crippen LogP contribution in [0.4, 0.5) is 0 Å². The predicted molar refractivity (Wildman–Crippen MR) is 161 cm³/mol. The van der Waals surface area contributed by atoms with Crippen LogP contribution in [0.3, 0.4) is 0 Å². The lowest BCUT2D eigenvalue weighted by Crippen LogP contribution is -2.36. The van der Waals surface area contributed by atoms with Gasteiger partial charge in [0.1, 0.15) is 12.2 Å². The molecule has 0 unspecified atom stereocenters. The minimum Gasteiger partial charge on any atom is -0.374 e. The third kappa shape index (κ3) is 17.1. The van der Waals surface area contributed by atoms with Crippen molar-refractivity contribution >= 4 is 10.1 Å². The van der Waals surface area contributed by atoms with Crippen molar-refractivity contribution in [2.75, 3.05) is 12.9 Å². The Hall–Kier alpha value is -2.25. The van der Waals surface area contributed by atoms with E-state index in [-0.39, 0.29) is 6.61 Å². The third-order valence-electron chi connectivity index (χ3n) is 6.37. The molecular formula is C33H48O5S. The lowest BCUT2D eigenvalue weighted by Gasteiger charge is -2.24. The fourth-order valence-electron chi connectivity index (χ4n) is 4.24. The Balaban J connectivity index is 1.90. The number of hydrogen-bond donors (Lipinski definition) is 0. The molecular weight excluding hydrogens is 508 g/mol. The van der Waals surface area contributed by atoms with Crippen LogP contribution in [0.2, 0.25) is 0 Å². The molecule has 2 aromatic rings. The first kappa shape index (κ1) is 33.0. The molecule has 216 valence electrons. The number of hydrogen-bond acceptors (Lipinski definition) is 5. The Kier molecular flexibility index (Phi) is 17.4. The Morgan fingerprint density at radius 1 is 0.744 bits per heavy atom. The van der Waals surface area contributed by atoms with Gasteiger partial charge in [-0.05, 0) is 24.0 Å². The summed E-state index contributed by atoms with van der Waals surface area (Å²) in [5, 5.41) is 0. The van der Waals surface area contributed by atoms with E-state index < -0.39 is 22.3 Å². The molecule has 0 aliphatic carbocycles. The zero-order valence-electron chi connectivity index (χ0n) is 23.9. The second kappa shape index (κ2) is 20.6. The van der Waals surface area contributed by atoms with E-state index in [4.69, 9.17) is 13.7 Å². The van der Waals surface area contributed by atoms with Gasteiger partial charge in [0.25, 0.3) is 10.1 Å². The first-order valence-corrected chi connectivity index (χ1v) is 16.3. The maximum absolute atomic E-state index is 12.1. The Bertz CT molecular complexity index is 1020. The molecule has 5 nitrogen and oxygen atoms in total. The normalized spacial score (nSPS) is 13.8. The average molecular weight is 557 g/mol. The van der Waals surface area contributed by atoms with Crippen LogP contribution in [0.15, 0.2) is 85.0 Å². The first-order valence-electron chi connectivity index (χ1n) is 14.5. The molecule has 39 heavy (non-hydrogen) atoms. The van der Waals surface area contributed by atoms with Crippen molar-refractivity contribution in [2.45, 2.75) is 96.6 Å². The van der Waals surface area contributed by atoms with E-state index >= 15 is 0 Å². The molecule has 0 bridgehead atoms. The molecule has 0 amide bonds. The van der Waals surface area contributed by atoms with E-state index in [1.54, 1.807) is 0 Å². The highest BCUT2D eigenvalue weighted by atomic mass is 32.2. The molecule has 0 radical (unpaired) electrons. The van der Waals surface area contributed by atoms with Gasteiger partial charge >= 0.3 is 0 Å². The molecule has 0 heterocycles. The van der Waals surface area contributed by atoms with Gasteiger partial charge in [0.05, 0.1) is 26.1 Å². The fraction of sp³-hybridized carbons (Fsp3) is 0.515.